The summed E-state index contributed by atoms with van der Waals surface area (Å²) in [5, 5.41) is 15.7. The van der Waals surface area contributed by atoms with Gasteiger partial charge in [-0.2, -0.15) is 0 Å². The fourth-order valence-corrected chi connectivity index (χ4v) is 2.57. The molecule has 1 aliphatic heterocycles. The van der Waals surface area contributed by atoms with Crippen LogP contribution in [0.25, 0.3) is 0 Å². The minimum Gasteiger partial charge on any atom is -0.357 e. The van der Waals surface area contributed by atoms with Crippen LogP contribution in [-0.4, -0.2) is 53.9 Å². The molecule has 1 saturated carbocycles. The maximum Gasteiger partial charge on any atom is 0.230 e. The Hall–Kier alpha value is -1.39. The first-order chi connectivity index (χ1) is 8.36. The van der Waals surface area contributed by atoms with Crippen molar-refractivity contribution in [2.75, 3.05) is 20.1 Å². The van der Waals surface area contributed by atoms with Gasteiger partial charge in [-0.3, -0.25) is 10.2 Å². The molecule has 5 nitrogen and oxygen atoms in total. The molecule has 2 aliphatic rings. The van der Waals surface area contributed by atoms with Crippen molar-refractivity contribution in [1.29, 1.82) is 10.8 Å². The minimum absolute atomic E-state index is 0.0130. The van der Waals surface area contributed by atoms with E-state index in [-0.39, 0.29) is 5.91 Å². The topological polar surface area (TPSA) is 71.2 Å². The van der Waals surface area contributed by atoms with Crippen LogP contribution in [-0.2, 0) is 4.79 Å². The van der Waals surface area contributed by atoms with Gasteiger partial charge >= 0.3 is 0 Å². The molecule has 0 spiro atoms. The molecular formula is C13H22N4O. The zero-order chi connectivity index (χ0) is 13.5. The Kier molecular flexibility index (Phi) is 3.17. The van der Waals surface area contributed by atoms with E-state index in [0.717, 1.165) is 6.54 Å². The summed E-state index contributed by atoms with van der Waals surface area (Å²) in [5.74, 6) is 1.07. The van der Waals surface area contributed by atoms with Crippen molar-refractivity contribution in [2.45, 2.75) is 32.7 Å². The van der Waals surface area contributed by atoms with Gasteiger partial charge in [-0.1, -0.05) is 0 Å². The molecule has 2 N–H and O–H groups in total. The van der Waals surface area contributed by atoms with Gasteiger partial charge in [0.1, 0.15) is 11.9 Å². The SMILES string of the molecule is CN1C(=O)C(C)(C)CN(CC2CC2)C(=N)C1C=N. The molecule has 18 heavy (non-hydrogen) atoms. The third-order valence-corrected chi connectivity index (χ3v) is 3.86. The molecule has 1 heterocycles. The van der Waals surface area contributed by atoms with Crippen LogP contribution < -0.4 is 0 Å². The van der Waals surface area contributed by atoms with Crippen LogP contribution in [0, 0.1) is 22.2 Å². The van der Waals surface area contributed by atoms with E-state index in [0.29, 0.717) is 18.3 Å². The predicted molar refractivity (Wildman–Crippen MR) is 71.1 cm³/mol. The number of carbonyl (C=O) groups is 1. The first-order valence-electron chi connectivity index (χ1n) is 6.48. The van der Waals surface area contributed by atoms with E-state index in [9.17, 15) is 4.79 Å². The maximum absolute atomic E-state index is 12.3. The summed E-state index contributed by atoms with van der Waals surface area (Å²) < 4.78 is 0. The van der Waals surface area contributed by atoms with Crippen molar-refractivity contribution in [2.24, 2.45) is 11.3 Å². The molecule has 0 bridgehead atoms. The van der Waals surface area contributed by atoms with Gasteiger partial charge in [0.05, 0.1) is 5.41 Å². The Bertz CT molecular complexity index is 386. The minimum atomic E-state index is -0.516. The van der Waals surface area contributed by atoms with Crippen LogP contribution in [0.5, 0.6) is 0 Å². The molecule has 1 saturated heterocycles. The summed E-state index contributed by atoms with van der Waals surface area (Å²) in [5.41, 5.74) is -0.492. The van der Waals surface area contributed by atoms with Crippen molar-refractivity contribution in [3.8, 4) is 0 Å². The number of carbonyl (C=O) groups excluding carboxylic acids is 1. The number of likely N-dealkylation sites (N-methyl/N-ethyl adjacent to an activating group) is 1. The Labute approximate surface area is 108 Å². The molecular weight excluding hydrogens is 228 g/mol. The Balaban J connectivity index is 2.27. The highest BCUT2D eigenvalue weighted by Gasteiger charge is 2.42. The number of rotatable bonds is 3. The second kappa shape index (κ2) is 4.37. The first-order valence-corrected chi connectivity index (χ1v) is 6.48. The summed E-state index contributed by atoms with van der Waals surface area (Å²) in [6, 6.07) is -0.516. The van der Waals surface area contributed by atoms with E-state index in [4.69, 9.17) is 10.8 Å². The average Bonchev–Trinajstić information content (AvgIpc) is 3.10. The molecule has 1 amide bonds. The lowest BCUT2D eigenvalue weighted by atomic mass is 9.91. The van der Waals surface area contributed by atoms with Crippen molar-refractivity contribution < 1.29 is 4.79 Å². The number of hydrogen-bond acceptors (Lipinski definition) is 3. The third-order valence-electron chi connectivity index (χ3n) is 3.86. The number of amidine groups is 1. The molecule has 1 atom stereocenters. The first kappa shape index (κ1) is 13.1. The highest BCUT2D eigenvalue weighted by molar-refractivity contribution is 6.03. The molecule has 100 valence electrons. The fourth-order valence-electron chi connectivity index (χ4n) is 2.57. The van der Waals surface area contributed by atoms with Gasteiger partial charge in [-0.05, 0) is 32.6 Å². The fraction of sp³-hybridized carbons (Fsp3) is 0.769. The summed E-state index contributed by atoms with van der Waals surface area (Å²) in [4.78, 5) is 15.9. The van der Waals surface area contributed by atoms with Crippen molar-refractivity contribution in [3.63, 3.8) is 0 Å². The third kappa shape index (κ3) is 2.26. The standard InChI is InChI=1S/C13H22N4O/c1-13(2)8-17(7-9-4-5-9)11(15)10(6-14)16(3)12(13)18/h6,9-10,14-15H,4-5,7-8H2,1-3H3. The van der Waals surface area contributed by atoms with Crippen LogP contribution in [0.1, 0.15) is 26.7 Å². The number of nitrogens with zero attached hydrogens (tertiary/aromatic N) is 2. The van der Waals surface area contributed by atoms with Crippen molar-refractivity contribution in [3.05, 3.63) is 0 Å². The highest BCUT2D eigenvalue weighted by Crippen LogP contribution is 2.33. The molecule has 1 aliphatic carbocycles. The van der Waals surface area contributed by atoms with Gasteiger partial charge in [0.15, 0.2) is 0 Å². The lowest BCUT2D eigenvalue weighted by Gasteiger charge is -2.29. The van der Waals surface area contributed by atoms with E-state index >= 15 is 0 Å². The van der Waals surface area contributed by atoms with E-state index in [2.05, 4.69) is 0 Å². The van der Waals surface area contributed by atoms with E-state index in [1.54, 1.807) is 7.05 Å². The summed E-state index contributed by atoms with van der Waals surface area (Å²) in [6.45, 7) is 5.28. The summed E-state index contributed by atoms with van der Waals surface area (Å²) in [7, 11) is 1.69. The Morgan fingerprint density at radius 3 is 2.56 bits per heavy atom. The Morgan fingerprint density at radius 1 is 1.44 bits per heavy atom. The maximum atomic E-state index is 12.3. The van der Waals surface area contributed by atoms with Gasteiger partial charge < -0.3 is 15.2 Å². The molecule has 0 radical (unpaired) electrons. The van der Waals surface area contributed by atoms with Gasteiger partial charge in [0.2, 0.25) is 5.91 Å². The molecule has 5 heteroatoms. The zero-order valence-electron chi connectivity index (χ0n) is 11.4. The van der Waals surface area contributed by atoms with Gasteiger partial charge in [-0.25, -0.2) is 0 Å². The predicted octanol–water partition coefficient (Wildman–Crippen LogP) is 1.19. The highest BCUT2D eigenvalue weighted by atomic mass is 16.2. The van der Waals surface area contributed by atoms with Crippen LogP contribution >= 0.6 is 0 Å². The summed E-state index contributed by atoms with van der Waals surface area (Å²) in [6.07, 6.45) is 3.65. The van der Waals surface area contributed by atoms with E-state index in [1.807, 2.05) is 18.7 Å². The molecule has 0 aromatic rings. The monoisotopic (exact) mass is 250 g/mol. The van der Waals surface area contributed by atoms with Crippen molar-refractivity contribution in [1.82, 2.24) is 9.80 Å². The van der Waals surface area contributed by atoms with Crippen LogP contribution in [0.2, 0.25) is 0 Å². The summed E-state index contributed by atoms with van der Waals surface area (Å²) >= 11 is 0. The second-order valence-corrected chi connectivity index (χ2v) is 6.12. The smallest absolute Gasteiger partial charge is 0.230 e. The molecule has 2 rings (SSSR count). The van der Waals surface area contributed by atoms with Gasteiger partial charge in [0, 0.05) is 26.4 Å². The second-order valence-electron chi connectivity index (χ2n) is 6.12. The zero-order valence-corrected chi connectivity index (χ0v) is 11.4. The normalized spacial score (nSPS) is 28.3. The number of hydrogen-bond donors (Lipinski definition) is 2. The van der Waals surface area contributed by atoms with Gasteiger partial charge in [-0.15, -0.1) is 0 Å². The van der Waals surface area contributed by atoms with Crippen LogP contribution in [0.3, 0.4) is 0 Å². The lowest BCUT2D eigenvalue weighted by molar-refractivity contribution is -0.138. The number of amides is 1. The molecule has 0 aromatic heterocycles. The molecule has 1 unspecified atom stereocenters. The Morgan fingerprint density at radius 2 is 2.06 bits per heavy atom. The van der Waals surface area contributed by atoms with Crippen LogP contribution in [0.15, 0.2) is 0 Å². The largest absolute Gasteiger partial charge is 0.357 e. The van der Waals surface area contributed by atoms with E-state index < -0.39 is 11.5 Å². The van der Waals surface area contributed by atoms with Crippen LogP contribution in [0.4, 0.5) is 0 Å². The molecule has 2 fully saturated rings. The van der Waals surface area contributed by atoms with E-state index in [1.165, 1.54) is 24.0 Å². The average molecular weight is 250 g/mol. The molecule has 0 aromatic carbocycles. The lowest BCUT2D eigenvalue weighted by Crippen LogP contribution is -2.46. The number of nitrogens with one attached hydrogen (secondary N) is 2. The quantitative estimate of drug-likeness (QED) is 0.739. The van der Waals surface area contributed by atoms with Gasteiger partial charge in [0.25, 0.3) is 0 Å². The van der Waals surface area contributed by atoms with Crippen molar-refractivity contribution >= 4 is 18.0 Å².